The predicted octanol–water partition coefficient (Wildman–Crippen LogP) is 8.05. The SMILES string of the molecule is Clc1cc(Cl)c2c(c1Cl)[C@@H]1C=CC[C@@H]1[C@H](c1ccccc1OCc1ccccc1)N2. The summed E-state index contributed by atoms with van der Waals surface area (Å²) in [5, 5.41) is 5.33. The molecule has 0 unspecified atom stereocenters. The number of allylic oxidation sites excluding steroid dienone is 2. The molecule has 0 saturated heterocycles. The van der Waals surface area contributed by atoms with Gasteiger partial charge >= 0.3 is 0 Å². The average Bonchev–Trinajstić information content (AvgIpc) is 3.26. The van der Waals surface area contributed by atoms with Gasteiger partial charge in [-0.2, -0.15) is 0 Å². The molecule has 2 aliphatic rings. The number of hydrogen-bond donors (Lipinski definition) is 1. The van der Waals surface area contributed by atoms with Crippen molar-refractivity contribution < 1.29 is 4.74 Å². The maximum absolute atomic E-state index is 6.60. The fourth-order valence-electron chi connectivity index (χ4n) is 4.57. The Labute approximate surface area is 191 Å². The monoisotopic (exact) mass is 455 g/mol. The van der Waals surface area contributed by atoms with Crippen LogP contribution in [-0.2, 0) is 6.61 Å². The second kappa shape index (κ2) is 8.19. The second-order valence-corrected chi connectivity index (χ2v) is 8.92. The zero-order chi connectivity index (χ0) is 20.7. The Bertz CT molecular complexity index is 1110. The summed E-state index contributed by atoms with van der Waals surface area (Å²) in [6, 6.07) is 20.2. The first-order valence-electron chi connectivity index (χ1n) is 9.99. The van der Waals surface area contributed by atoms with Crippen molar-refractivity contribution >= 4 is 40.5 Å². The van der Waals surface area contributed by atoms with Gasteiger partial charge in [0.2, 0.25) is 0 Å². The highest BCUT2D eigenvalue weighted by atomic mass is 35.5. The number of hydrogen-bond acceptors (Lipinski definition) is 2. The van der Waals surface area contributed by atoms with Gasteiger partial charge in [0.15, 0.2) is 0 Å². The highest BCUT2D eigenvalue weighted by Crippen LogP contribution is 2.55. The number of ether oxygens (including phenoxy) is 1. The molecule has 152 valence electrons. The maximum Gasteiger partial charge on any atom is 0.125 e. The van der Waals surface area contributed by atoms with Crippen LogP contribution in [0.4, 0.5) is 5.69 Å². The van der Waals surface area contributed by atoms with E-state index in [1.165, 1.54) is 0 Å². The average molecular weight is 457 g/mol. The Morgan fingerprint density at radius 1 is 0.933 bits per heavy atom. The summed E-state index contributed by atoms with van der Waals surface area (Å²) < 4.78 is 6.25. The first-order valence-corrected chi connectivity index (χ1v) is 11.1. The van der Waals surface area contributed by atoms with Gasteiger partial charge < -0.3 is 10.1 Å². The zero-order valence-electron chi connectivity index (χ0n) is 16.1. The molecule has 0 aromatic heterocycles. The van der Waals surface area contributed by atoms with E-state index in [1.807, 2.05) is 30.3 Å². The lowest BCUT2D eigenvalue weighted by molar-refractivity contribution is 0.296. The van der Waals surface area contributed by atoms with Gasteiger partial charge in [-0.05, 0) is 30.0 Å². The molecule has 2 nitrogen and oxygen atoms in total. The van der Waals surface area contributed by atoms with Gasteiger partial charge in [0.25, 0.3) is 0 Å². The molecule has 0 bridgehead atoms. The fourth-order valence-corrected chi connectivity index (χ4v) is 5.38. The molecule has 0 radical (unpaired) electrons. The molecule has 3 aromatic carbocycles. The van der Waals surface area contributed by atoms with Crippen molar-refractivity contribution in [2.24, 2.45) is 5.92 Å². The molecule has 5 rings (SSSR count). The first kappa shape index (κ1) is 19.8. The highest BCUT2D eigenvalue weighted by Gasteiger charge is 2.41. The minimum absolute atomic E-state index is 0.0548. The van der Waals surface area contributed by atoms with E-state index < -0.39 is 0 Å². The topological polar surface area (TPSA) is 21.3 Å². The minimum atomic E-state index is 0.0548. The molecular weight excluding hydrogens is 437 g/mol. The van der Waals surface area contributed by atoms with Crippen LogP contribution in [0.5, 0.6) is 5.75 Å². The van der Waals surface area contributed by atoms with Crippen LogP contribution in [-0.4, -0.2) is 0 Å². The Kier molecular flexibility index (Phi) is 5.41. The molecule has 0 amide bonds. The summed E-state index contributed by atoms with van der Waals surface area (Å²) >= 11 is 19.5. The van der Waals surface area contributed by atoms with E-state index in [0.717, 1.165) is 34.5 Å². The number of benzene rings is 3. The van der Waals surface area contributed by atoms with Gasteiger partial charge in [-0.1, -0.05) is 95.5 Å². The van der Waals surface area contributed by atoms with E-state index in [4.69, 9.17) is 39.5 Å². The molecule has 1 N–H and O–H groups in total. The summed E-state index contributed by atoms with van der Waals surface area (Å²) in [6.07, 6.45) is 5.40. The third-order valence-electron chi connectivity index (χ3n) is 5.97. The van der Waals surface area contributed by atoms with Gasteiger partial charge in [0.1, 0.15) is 12.4 Å². The Balaban J connectivity index is 1.52. The Morgan fingerprint density at radius 3 is 2.53 bits per heavy atom. The van der Waals surface area contributed by atoms with Gasteiger partial charge in [0.05, 0.1) is 26.8 Å². The molecule has 0 spiro atoms. The number of fused-ring (bicyclic) bond motifs is 3. The van der Waals surface area contributed by atoms with E-state index in [-0.39, 0.29) is 12.0 Å². The Morgan fingerprint density at radius 2 is 1.70 bits per heavy atom. The van der Waals surface area contributed by atoms with E-state index >= 15 is 0 Å². The van der Waals surface area contributed by atoms with Crippen LogP contribution in [0.15, 0.2) is 72.8 Å². The van der Waals surface area contributed by atoms with E-state index in [0.29, 0.717) is 27.6 Å². The van der Waals surface area contributed by atoms with Crippen molar-refractivity contribution in [3.63, 3.8) is 0 Å². The molecule has 3 aromatic rings. The minimum Gasteiger partial charge on any atom is -0.489 e. The smallest absolute Gasteiger partial charge is 0.125 e. The van der Waals surface area contributed by atoms with Crippen molar-refractivity contribution in [2.45, 2.75) is 25.0 Å². The summed E-state index contributed by atoms with van der Waals surface area (Å²) in [7, 11) is 0. The number of rotatable bonds is 4. The molecule has 0 saturated carbocycles. The Hall–Kier alpha value is -2.13. The summed E-state index contributed by atoms with van der Waals surface area (Å²) in [5.74, 6) is 1.35. The quantitative estimate of drug-likeness (QED) is 0.317. The van der Waals surface area contributed by atoms with Crippen LogP contribution in [0.1, 0.15) is 35.1 Å². The van der Waals surface area contributed by atoms with Crippen molar-refractivity contribution in [1.82, 2.24) is 0 Å². The van der Waals surface area contributed by atoms with Crippen LogP contribution in [0.3, 0.4) is 0 Å². The van der Waals surface area contributed by atoms with Crippen LogP contribution in [0.2, 0.25) is 15.1 Å². The standard InChI is InChI=1S/C25H20Cl3NO/c26-19-13-20(27)25-22(23(19)28)16-10-6-11-17(16)24(29-25)18-9-4-5-12-21(18)30-14-15-7-2-1-3-8-15/h1-10,12-13,16-17,24,29H,11,14H2/t16-,17+,24-/m1/s1. The highest BCUT2D eigenvalue weighted by molar-refractivity contribution is 6.44. The lowest BCUT2D eigenvalue weighted by Crippen LogP contribution is -2.30. The third-order valence-corrected chi connectivity index (χ3v) is 7.07. The molecular formula is C25H20Cl3NO. The van der Waals surface area contributed by atoms with E-state index in [1.54, 1.807) is 6.07 Å². The molecule has 3 atom stereocenters. The predicted molar refractivity (Wildman–Crippen MR) is 125 cm³/mol. The van der Waals surface area contributed by atoms with Gasteiger partial charge in [-0.15, -0.1) is 0 Å². The lowest BCUT2D eigenvalue weighted by Gasteiger charge is -2.39. The van der Waals surface area contributed by atoms with Crippen molar-refractivity contribution in [3.05, 3.63) is 105 Å². The van der Waals surface area contributed by atoms with Gasteiger partial charge in [-0.25, -0.2) is 0 Å². The third kappa shape index (κ3) is 3.47. The molecule has 0 fully saturated rings. The lowest BCUT2D eigenvalue weighted by atomic mass is 9.76. The van der Waals surface area contributed by atoms with Gasteiger partial charge in [0, 0.05) is 17.0 Å². The van der Waals surface area contributed by atoms with Crippen LogP contribution in [0, 0.1) is 5.92 Å². The maximum atomic E-state index is 6.60. The molecule has 5 heteroatoms. The van der Waals surface area contributed by atoms with Crippen LogP contribution >= 0.6 is 34.8 Å². The zero-order valence-corrected chi connectivity index (χ0v) is 18.4. The van der Waals surface area contributed by atoms with Crippen molar-refractivity contribution in [1.29, 1.82) is 0 Å². The molecule has 1 heterocycles. The second-order valence-electron chi connectivity index (χ2n) is 7.73. The molecule has 1 aliphatic carbocycles. The fraction of sp³-hybridized carbons (Fsp3) is 0.200. The van der Waals surface area contributed by atoms with E-state index in [9.17, 15) is 0 Å². The summed E-state index contributed by atoms with van der Waals surface area (Å²) in [6.45, 7) is 0.524. The normalized spacial score (nSPS) is 21.6. The summed E-state index contributed by atoms with van der Waals surface area (Å²) in [4.78, 5) is 0. The molecule has 30 heavy (non-hydrogen) atoms. The molecule has 1 aliphatic heterocycles. The summed E-state index contributed by atoms with van der Waals surface area (Å²) in [5.41, 5.74) is 4.12. The van der Waals surface area contributed by atoms with Crippen molar-refractivity contribution in [3.8, 4) is 5.75 Å². The van der Waals surface area contributed by atoms with Crippen LogP contribution < -0.4 is 10.1 Å². The van der Waals surface area contributed by atoms with Gasteiger partial charge in [-0.3, -0.25) is 0 Å². The number of halogens is 3. The number of nitrogens with one attached hydrogen (secondary N) is 1. The number of para-hydroxylation sites is 1. The number of anilines is 1. The first-order chi connectivity index (χ1) is 14.6. The largest absolute Gasteiger partial charge is 0.489 e. The van der Waals surface area contributed by atoms with Crippen LogP contribution in [0.25, 0.3) is 0 Å². The van der Waals surface area contributed by atoms with Crippen molar-refractivity contribution in [2.75, 3.05) is 5.32 Å². The van der Waals surface area contributed by atoms with E-state index in [2.05, 4.69) is 41.7 Å².